The Morgan fingerprint density at radius 3 is 2.46 bits per heavy atom. The van der Waals surface area contributed by atoms with Gasteiger partial charge in [-0.15, -0.1) is 0 Å². The van der Waals surface area contributed by atoms with Crippen molar-refractivity contribution >= 4 is 17.5 Å². The molecule has 2 aromatic rings. The molecule has 0 bridgehead atoms. The van der Waals surface area contributed by atoms with E-state index in [1.807, 2.05) is 0 Å². The zero-order valence-electron chi connectivity index (χ0n) is 12.6. The van der Waals surface area contributed by atoms with Crippen molar-refractivity contribution in [3.63, 3.8) is 0 Å². The number of carbonyl (C=O) groups excluding carboxylic acids is 2. The summed E-state index contributed by atoms with van der Waals surface area (Å²) in [5, 5.41) is 32.5. The summed E-state index contributed by atoms with van der Waals surface area (Å²) in [5.41, 5.74) is 1.39. The van der Waals surface area contributed by atoms with Crippen molar-refractivity contribution in [3.8, 4) is 17.6 Å². The maximum Gasteiger partial charge on any atom is 0.251 e. The van der Waals surface area contributed by atoms with Gasteiger partial charge in [0.2, 0.25) is 5.91 Å². The Morgan fingerprint density at radius 2 is 1.79 bits per heavy atom. The van der Waals surface area contributed by atoms with Gasteiger partial charge in [0.1, 0.15) is 17.9 Å². The number of carbonyl (C=O) groups is 2. The van der Waals surface area contributed by atoms with Crippen molar-refractivity contribution in [1.82, 2.24) is 5.32 Å². The molecule has 0 aromatic heterocycles. The van der Waals surface area contributed by atoms with E-state index in [1.165, 1.54) is 12.1 Å². The van der Waals surface area contributed by atoms with Crippen LogP contribution in [0.4, 0.5) is 5.69 Å². The van der Waals surface area contributed by atoms with Crippen molar-refractivity contribution < 1.29 is 19.8 Å². The molecule has 7 heteroatoms. The highest BCUT2D eigenvalue weighted by Crippen LogP contribution is 2.20. The summed E-state index contributed by atoms with van der Waals surface area (Å²) in [6.07, 6.45) is -0.234. The van der Waals surface area contributed by atoms with Gasteiger partial charge in [0, 0.05) is 23.9 Å². The van der Waals surface area contributed by atoms with Crippen molar-refractivity contribution in [2.75, 3.05) is 5.32 Å². The highest BCUT2D eigenvalue weighted by atomic mass is 16.3. The Balaban J connectivity index is 2.00. The third-order valence-corrected chi connectivity index (χ3v) is 3.07. The first-order valence-corrected chi connectivity index (χ1v) is 7.05. The van der Waals surface area contributed by atoms with Gasteiger partial charge in [-0.3, -0.25) is 9.59 Å². The molecule has 0 aliphatic carbocycles. The molecule has 0 spiro atoms. The standard InChI is InChI=1S/C17H15N3O4/c18-5-4-16(23)20-13-3-1-2-11(6-13)10-19-17(24)12-7-14(21)9-15(22)8-12/h1-3,6-9,21-22H,4,10H2,(H,19,24)(H,20,23). The van der Waals surface area contributed by atoms with Crippen molar-refractivity contribution in [2.45, 2.75) is 13.0 Å². The fraction of sp³-hybridized carbons (Fsp3) is 0.118. The zero-order valence-corrected chi connectivity index (χ0v) is 12.6. The number of nitriles is 1. The van der Waals surface area contributed by atoms with E-state index in [0.717, 1.165) is 11.6 Å². The van der Waals surface area contributed by atoms with E-state index in [2.05, 4.69) is 10.6 Å². The summed E-state index contributed by atoms with van der Waals surface area (Å²) in [5.74, 6) is -1.28. The number of benzene rings is 2. The van der Waals surface area contributed by atoms with E-state index in [0.29, 0.717) is 5.69 Å². The van der Waals surface area contributed by atoms with E-state index in [4.69, 9.17) is 5.26 Å². The minimum atomic E-state index is -0.458. The molecule has 7 nitrogen and oxygen atoms in total. The molecule has 2 aromatic carbocycles. The molecule has 0 saturated heterocycles. The lowest BCUT2D eigenvalue weighted by Crippen LogP contribution is -2.22. The molecule has 0 radical (unpaired) electrons. The summed E-state index contributed by atoms with van der Waals surface area (Å²) >= 11 is 0. The van der Waals surface area contributed by atoms with E-state index in [1.54, 1.807) is 30.3 Å². The van der Waals surface area contributed by atoms with Gasteiger partial charge in [-0.05, 0) is 29.8 Å². The summed E-state index contributed by atoms with van der Waals surface area (Å²) in [7, 11) is 0. The molecule has 0 fully saturated rings. The largest absolute Gasteiger partial charge is 0.508 e. The topological polar surface area (TPSA) is 122 Å². The Labute approximate surface area is 138 Å². The van der Waals surface area contributed by atoms with Crippen molar-refractivity contribution in [1.29, 1.82) is 5.26 Å². The van der Waals surface area contributed by atoms with Gasteiger partial charge in [-0.2, -0.15) is 5.26 Å². The fourth-order valence-electron chi connectivity index (χ4n) is 2.05. The second kappa shape index (κ2) is 7.65. The number of anilines is 1. The van der Waals surface area contributed by atoms with Gasteiger partial charge in [0.25, 0.3) is 5.91 Å². The minimum Gasteiger partial charge on any atom is -0.508 e. The highest BCUT2D eigenvalue weighted by molar-refractivity contribution is 5.95. The summed E-state index contributed by atoms with van der Waals surface area (Å²) < 4.78 is 0. The third-order valence-electron chi connectivity index (χ3n) is 3.07. The smallest absolute Gasteiger partial charge is 0.251 e. The molecule has 0 saturated carbocycles. The maximum absolute atomic E-state index is 12.0. The van der Waals surface area contributed by atoms with Crippen LogP contribution in [0.2, 0.25) is 0 Å². The molecule has 0 atom stereocenters. The molecular formula is C17H15N3O4. The van der Waals surface area contributed by atoms with E-state index in [9.17, 15) is 19.8 Å². The van der Waals surface area contributed by atoms with Crippen LogP contribution in [0.15, 0.2) is 42.5 Å². The Bertz CT molecular complexity index is 791. The predicted octanol–water partition coefficient (Wildman–Crippen LogP) is 1.88. The van der Waals surface area contributed by atoms with Crippen LogP contribution in [0.3, 0.4) is 0 Å². The van der Waals surface area contributed by atoms with Gasteiger partial charge in [-0.1, -0.05) is 12.1 Å². The van der Waals surface area contributed by atoms with Gasteiger partial charge in [0.15, 0.2) is 0 Å². The van der Waals surface area contributed by atoms with E-state index in [-0.39, 0.29) is 30.0 Å². The first kappa shape index (κ1) is 16.8. The monoisotopic (exact) mass is 325 g/mol. The second-order valence-corrected chi connectivity index (χ2v) is 5.00. The normalized spacial score (nSPS) is 9.79. The lowest BCUT2D eigenvalue weighted by molar-refractivity contribution is -0.115. The van der Waals surface area contributed by atoms with Gasteiger partial charge < -0.3 is 20.8 Å². The van der Waals surface area contributed by atoms with E-state index < -0.39 is 11.8 Å². The number of nitrogens with one attached hydrogen (secondary N) is 2. The highest BCUT2D eigenvalue weighted by Gasteiger charge is 2.09. The SMILES string of the molecule is N#CCC(=O)Nc1cccc(CNC(=O)c2cc(O)cc(O)c2)c1. The van der Waals surface area contributed by atoms with Crippen LogP contribution in [0.25, 0.3) is 0 Å². The van der Waals surface area contributed by atoms with Gasteiger partial charge in [-0.25, -0.2) is 0 Å². The first-order valence-electron chi connectivity index (χ1n) is 7.05. The molecule has 0 heterocycles. The van der Waals surface area contributed by atoms with Crippen LogP contribution in [0, 0.1) is 11.3 Å². The first-order chi connectivity index (χ1) is 11.5. The molecule has 2 rings (SSSR count). The average molecular weight is 325 g/mol. The summed E-state index contributed by atoms with van der Waals surface area (Å²) in [4.78, 5) is 23.4. The number of amides is 2. The molecule has 0 aliphatic heterocycles. The lowest BCUT2D eigenvalue weighted by Gasteiger charge is -2.08. The fourth-order valence-corrected chi connectivity index (χ4v) is 2.05. The number of hydrogen-bond donors (Lipinski definition) is 4. The summed E-state index contributed by atoms with van der Waals surface area (Å²) in [6.45, 7) is 0.192. The molecule has 0 unspecified atom stereocenters. The number of rotatable bonds is 5. The third kappa shape index (κ3) is 4.74. The molecular weight excluding hydrogens is 310 g/mol. The Kier molecular flexibility index (Phi) is 5.36. The van der Waals surface area contributed by atoms with Crippen molar-refractivity contribution in [2.24, 2.45) is 0 Å². The summed E-state index contributed by atoms with van der Waals surface area (Å²) in [6, 6.07) is 12.2. The Morgan fingerprint density at radius 1 is 1.08 bits per heavy atom. The second-order valence-electron chi connectivity index (χ2n) is 5.00. The van der Waals surface area contributed by atoms with Crippen LogP contribution in [0.5, 0.6) is 11.5 Å². The zero-order chi connectivity index (χ0) is 17.5. The molecule has 0 aliphatic rings. The molecule has 122 valence electrons. The molecule has 4 N–H and O–H groups in total. The maximum atomic E-state index is 12.0. The van der Waals surface area contributed by atoms with E-state index >= 15 is 0 Å². The van der Waals surface area contributed by atoms with Crippen LogP contribution in [-0.4, -0.2) is 22.0 Å². The number of phenolic OH excluding ortho intramolecular Hbond substituents is 2. The number of hydrogen-bond acceptors (Lipinski definition) is 5. The van der Waals surface area contributed by atoms with Crippen molar-refractivity contribution in [3.05, 3.63) is 53.6 Å². The molecule has 24 heavy (non-hydrogen) atoms. The number of phenols is 2. The predicted molar refractivity (Wildman–Crippen MR) is 86.2 cm³/mol. The number of nitrogens with zero attached hydrogens (tertiary/aromatic N) is 1. The minimum absolute atomic E-state index is 0.131. The lowest BCUT2D eigenvalue weighted by atomic mass is 10.1. The van der Waals surface area contributed by atoms with Crippen LogP contribution in [0.1, 0.15) is 22.3 Å². The van der Waals surface area contributed by atoms with Gasteiger partial charge in [0.05, 0.1) is 6.07 Å². The molecule has 2 amide bonds. The van der Waals surface area contributed by atoms with Crippen LogP contribution >= 0.6 is 0 Å². The Hall–Kier alpha value is -3.53. The average Bonchev–Trinajstić information content (AvgIpc) is 2.52. The quantitative estimate of drug-likeness (QED) is 0.668. The van der Waals surface area contributed by atoms with Crippen LogP contribution in [-0.2, 0) is 11.3 Å². The van der Waals surface area contributed by atoms with Gasteiger partial charge >= 0.3 is 0 Å². The number of aromatic hydroxyl groups is 2. The van der Waals surface area contributed by atoms with Crippen LogP contribution < -0.4 is 10.6 Å².